The van der Waals surface area contributed by atoms with Crippen LogP contribution in [0, 0.1) is 6.92 Å². The second-order valence-corrected chi connectivity index (χ2v) is 5.45. The van der Waals surface area contributed by atoms with Crippen LogP contribution in [0.1, 0.15) is 25.0 Å². The van der Waals surface area contributed by atoms with Gasteiger partial charge in [0.05, 0.1) is 0 Å². The van der Waals surface area contributed by atoms with Gasteiger partial charge in [-0.05, 0) is 31.9 Å². The van der Waals surface area contributed by atoms with E-state index in [1.165, 1.54) is 11.1 Å². The number of benzene rings is 1. The molecule has 1 heterocycles. The number of nitrogens with zero attached hydrogens (tertiary/aromatic N) is 1. The Kier molecular flexibility index (Phi) is 3.31. The fourth-order valence-corrected chi connectivity index (χ4v) is 2.41. The zero-order valence-corrected chi connectivity index (χ0v) is 10.6. The van der Waals surface area contributed by atoms with Gasteiger partial charge in [-0.1, -0.05) is 24.3 Å². The molecule has 1 fully saturated rings. The van der Waals surface area contributed by atoms with Crippen molar-refractivity contribution in [2.75, 3.05) is 19.6 Å². The van der Waals surface area contributed by atoms with E-state index in [1.54, 1.807) is 0 Å². The molecule has 1 aromatic carbocycles. The van der Waals surface area contributed by atoms with Gasteiger partial charge in [-0.25, -0.2) is 0 Å². The average Bonchev–Trinajstić information content (AvgIpc) is 2.20. The summed E-state index contributed by atoms with van der Waals surface area (Å²) in [5.41, 5.74) is 3.11. The third-order valence-electron chi connectivity index (χ3n) is 3.31. The monoisotopic (exact) mass is 218 g/mol. The minimum atomic E-state index is 0.251. The highest BCUT2D eigenvalue weighted by molar-refractivity contribution is 5.25. The van der Waals surface area contributed by atoms with Crippen LogP contribution in [0.25, 0.3) is 0 Å². The van der Waals surface area contributed by atoms with Crippen molar-refractivity contribution in [1.82, 2.24) is 10.2 Å². The van der Waals surface area contributed by atoms with E-state index in [0.29, 0.717) is 0 Å². The third-order valence-corrected chi connectivity index (χ3v) is 3.31. The van der Waals surface area contributed by atoms with Gasteiger partial charge in [0.1, 0.15) is 0 Å². The number of rotatable bonds is 2. The lowest BCUT2D eigenvalue weighted by Crippen LogP contribution is -2.56. The lowest BCUT2D eigenvalue weighted by Gasteiger charge is -2.39. The summed E-state index contributed by atoms with van der Waals surface area (Å²) in [6.45, 7) is 11.2. The topological polar surface area (TPSA) is 15.3 Å². The molecule has 0 aromatic heterocycles. The van der Waals surface area contributed by atoms with E-state index in [-0.39, 0.29) is 5.54 Å². The molecule has 1 aliphatic rings. The maximum Gasteiger partial charge on any atom is 0.0252 e. The van der Waals surface area contributed by atoms with Crippen molar-refractivity contribution in [2.45, 2.75) is 32.9 Å². The molecule has 0 aliphatic carbocycles. The Labute approximate surface area is 98.7 Å². The molecular formula is C14H22N2. The molecule has 16 heavy (non-hydrogen) atoms. The van der Waals surface area contributed by atoms with E-state index in [4.69, 9.17) is 0 Å². The SMILES string of the molecule is Cc1ccccc1CN1CCNC(C)(C)C1. The maximum absolute atomic E-state index is 3.55. The van der Waals surface area contributed by atoms with Gasteiger partial charge in [0.15, 0.2) is 0 Å². The first-order valence-electron chi connectivity index (χ1n) is 6.09. The molecule has 0 atom stereocenters. The van der Waals surface area contributed by atoms with Crippen LogP contribution in [-0.4, -0.2) is 30.1 Å². The Morgan fingerprint density at radius 3 is 2.75 bits per heavy atom. The lowest BCUT2D eigenvalue weighted by molar-refractivity contribution is 0.148. The molecule has 2 heteroatoms. The van der Waals surface area contributed by atoms with E-state index in [0.717, 1.165) is 26.2 Å². The van der Waals surface area contributed by atoms with Gasteiger partial charge in [-0.3, -0.25) is 4.90 Å². The first-order valence-corrected chi connectivity index (χ1v) is 6.09. The van der Waals surface area contributed by atoms with E-state index in [9.17, 15) is 0 Å². The molecular weight excluding hydrogens is 196 g/mol. The number of piperazine rings is 1. The summed E-state index contributed by atoms with van der Waals surface area (Å²) in [7, 11) is 0. The first kappa shape index (κ1) is 11.6. The van der Waals surface area contributed by atoms with Crippen LogP contribution in [-0.2, 0) is 6.54 Å². The molecule has 1 N–H and O–H groups in total. The molecule has 1 aromatic rings. The van der Waals surface area contributed by atoms with Crippen molar-refractivity contribution in [2.24, 2.45) is 0 Å². The number of hydrogen-bond donors (Lipinski definition) is 1. The Bertz CT molecular complexity index is 358. The molecule has 88 valence electrons. The summed E-state index contributed by atoms with van der Waals surface area (Å²) in [4.78, 5) is 2.54. The molecule has 0 saturated carbocycles. The molecule has 0 radical (unpaired) electrons. The zero-order chi connectivity index (χ0) is 11.6. The first-order chi connectivity index (χ1) is 7.57. The van der Waals surface area contributed by atoms with E-state index in [2.05, 4.69) is 55.3 Å². The summed E-state index contributed by atoms with van der Waals surface area (Å²) >= 11 is 0. The van der Waals surface area contributed by atoms with Gasteiger partial charge in [0.25, 0.3) is 0 Å². The number of nitrogens with one attached hydrogen (secondary N) is 1. The normalized spacial score (nSPS) is 20.9. The highest BCUT2D eigenvalue weighted by atomic mass is 15.2. The van der Waals surface area contributed by atoms with Crippen LogP contribution in [0.5, 0.6) is 0 Å². The van der Waals surface area contributed by atoms with Crippen molar-refractivity contribution < 1.29 is 0 Å². The number of hydrogen-bond acceptors (Lipinski definition) is 2. The summed E-state index contributed by atoms with van der Waals surface area (Å²) in [5, 5.41) is 3.55. The summed E-state index contributed by atoms with van der Waals surface area (Å²) in [6, 6.07) is 8.68. The molecule has 0 spiro atoms. The Morgan fingerprint density at radius 1 is 1.31 bits per heavy atom. The summed E-state index contributed by atoms with van der Waals surface area (Å²) < 4.78 is 0. The van der Waals surface area contributed by atoms with Crippen LogP contribution < -0.4 is 5.32 Å². The van der Waals surface area contributed by atoms with E-state index < -0.39 is 0 Å². The third kappa shape index (κ3) is 2.83. The molecule has 0 unspecified atom stereocenters. The quantitative estimate of drug-likeness (QED) is 0.818. The molecule has 0 bridgehead atoms. The average molecular weight is 218 g/mol. The second kappa shape index (κ2) is 4.56. The van der Waals surface area contributed by atoms with E-state index in [1.807, 2.05) is 0 Å². The van der Waals surface area contributed by atoms with Crippen molar-refractivity contribution in [1.29, 1.82) is 0 Å². The number of aryl methyl sites for hydroxylation is 1. The van der Waals surface area contributed by atoms with Gasteiger partial charge in [0, 0.05) is 31.7 Å². The Morgan fingerprint density at radius 2 is 2.06 bits per heavy atom. The van der Waals surface area contributed by atoms with Crippen LogP contribution in [0.4, 0.5) is 0 Å². The van der Waals surface area contributed by atoms with Gasteiger partial charge >= 0.3 is 0 Å². The van der Waals surface area contributed by atoms with Crippen LogP contribution >= 0.6 is 0 Å². The molecule has 2 rings (SSSR count). The second-order valence-electron chi connectivity index (χ2n) is 5.45. The van der Waals surface area contributed by atoms with Gasteiger partial charge in [-0.15, -0.1) is 0 Å². The maximum atomic E-state index is 3.55. The van der Waals surface area contributed by atoms with Crippen LogP contribution in [0.3, 0.4) is 0 Å². The highest BCUT2D eigenvalue weighted by Crippen LogP contribution is 2.15. The van der Waals surface area contributed by atoms with Gasteiger partial charge < -0.3 is 5.32 Å². The largest absolute Gasteiger partial charge is 0.309 e. The van der Waals surface area contributed by atoms with Crippen molar-refractivity contribution >= 4 is 0 Å². The predicted octanol–water partition coefficient (Wildman–Crippen LogP) is 2.18. The molecule has 2 nitrogen and oxygen atoms in total. The Balaban J connectivity index is 2.02. The van der Waals surface area contributed by atoms with Crippen molar-refractivity contribution in [3.05, 3.63) is 35.4 Å². The van der Waals surface area contributed by atoms with Crippen molar-refractivity contribution in [3.8, 4) is 0 Å². The zero-order valence-electron chi connectivity index (χ0n) is 10.6. The minimum Gasteiger partial charge on any atom is -0.309 e. The Hall–Kier alpha value is -0.860. The minimum absolute atomic E-state index is 0.251. The summed E-state index contributed by atoms with van der Waals surface area (Å²) in [6.07, 6.45) is 0. The van der Waals surface area contributed by atoms with E-state index >= 15 is 0 Å². The summed E-state index contributed by atoms with van der Waals surface area (Å²) in [5.74, 6) is 0. The van der Waals surface area contributed by atoms with Crippen molar-refractivity contribution in [3.63, 3.8) is 0 Å². The van der Waals surface area contributed by atoms with Crippen LogP contribution in [0.2, 0.25) is 0 Å². The lowest BCUT2D eigenvalue weighted by atomic mass is 10.0. The molecule has 0 amide bonds. The van der Waals surface area contributed by atoms with Crippen LogP contribution in [0.15, 0.2) is 24.3 Å². The molecule has 1 saturated heterocycles. The predicted molar refractivity (Wildman–Crippen MR) is 68.5 cm³/mol. The standard InChI is InChI=1S/C14H22N2/c1-12-6-4-5-7-13(12)10-16-9-8-15-14(2,3)11-16/h4-7,15H,8-11H2,1-3H3. The fraction of sp³-hybridized carbons (Fsp3) is 0.571. The van der Waals surface area contributed by atoms with Gasteiger partial charge in [-0.2, -0.15) is 0 Å². The van der Waals surface area contributed by atoms with Gasteiger partial charge in [0.2, 0.25) is 0 Å². The highest BCUT2D eigenvalue weighted by Gasteiger charge is 2.25. The fourth-order valence-electron chi connectivity index (χ4n) is 2.41. The molecule has 1 aliphatic heterocycles. The smallest absolute Gasteiger partial charge is 0.0252 e.